The summed E-state index contributed by atoms with van der Waals surface area (Å²) in [5.41, 5.74) is 6.55. The summed E-state index contributed by atoms with van der Waals surface area (Å²) in [5, 5.41) is 9.63. The fourth-order valence-corrected chi connectivity index (χ4v) is 5.59. The summed E-state index contributed by atoms with van der Waals surface area (Å²) < 4.78 is 0. The summed E-state index contributed by atoms with van der Waals surface area (Å²) in [5.74, 6) is 0.802. The van der Waals surface area contributed by atoms with Gasteiger partial charge in [-0.2, -0.15) is 0 Å². The number of hydrogen-bond acceptors (Lipinski definition) is 1. The second-order valence-electron chi connectivity index (χ2n) is 8.09. The summed E-state index contributed by atoms with van der Waals surface area (Å²) >= 11 is 0. The van der Waals surface area contributed by atoms with Gasteiger partial charge >= 0.3 is 0 Å². The SMILES string of the molecule is CCc1c(CO)ccc2c1CC[C@H]1C(C)(C)CCC[C@]21C. The highest BCUT2D eigenvalue weighted by Gasteiger charge is 2.49. The van der Waals surface area contributed by atoms with Gasteiger partial charge in [-0.3, -0.25) is 0 Å². The summed E-state index contributed by atoms with van der Waals surface area (Å²) in [6.45, 7) is 9.87. The largest absolute Gasteiger partial charge is 0.392 e. The van der Waals surface area contributed by atoms with E-state index in [1.54, 1.807) is 11.1 Å². The van der Waals surface area contributed by atoms with Crippen LogP contribution in [0.3, 0.4) is 0 Å². The maximum atomic E-state index is 9.63. The van der Waals surface area contributed by atoms with Crippen LogP contribution in [0, 0.1) is 11.3 Å². The number of aliphatic hydroxyl groups is 1. The number of benzene rings is 1. The van der Waals surface area contributed by atoms with Gasteiger partial charge in [0.15, 0.2) is 0 Å². The lowest BCUT2D eigenvalue weighted by Crippen LogP contribution is -2.48. The van der Waals surface area contributed by atoms with Gasteiger partial charge in [-0.1, -0.05) is 46.2 Å². The molecule has 21 heavy (non-hydrogen) atoms. The van der Waals surface area contributed by atoms with Gasteiger partial charge in [-0.15, -0.1) is 0 Å². The van der Waals surface area contributed by atoms with Crippen LogP contribution in [0.25, 0.3) is 0 Å². The molecule has 1 aromatic carbocycles. The monoisotopic (exact) mass is 286 g/mol. The third kappa shape index (κ3) is 2.16. The number of rotatable bonds is 2. The van der Waals surface area contributed by atoms with Crippen molar-refractivity contribution in [3.8, 4) is 0 Å². The predicted molar refractivity (Wildman–Crippen MR) is 88.5 cm³/mol. The average Bonchev–Trinajstić information content (AvgIpc) is 2.45. The first-order chi connectivity index (χ1) is 9.94. The van der Waals surface area contributed by atoms with E-state index in [1.807, 2.05) is 0 Å². The summed E-state index contributed by atoms with van der Waals surface area (Å²) in [4.78, 5) is 0. The van der Waals surface area contributed by atoms with Gasteiger partial charge in [0, 0.05) is 0 Å². The van der Waals surface area contributed by atoms with E-state index in [0.29, 0.717) is 10.8 Å². The summed E-state index contributed by atoms with van der Waals surface area (Å²) in [6.07, 6.45) is 7.62. The van der Waals surface area contributed by atoms with Crippen molar-refractivity contribution >= 4 is 0 Å². The molecule has 3 rings (SSSR count). The smallest absolute Gasteiger partial charge is 0.0684 e. The Bertz CT molecular complexity index is 543. The van der Waals surface area contributed by atoms with E-state index in [2.05, 4.69) is 39.8 Å². The molecule has 1 heteroatoms. The first-order valence-corrected chi connectivity index (χ1v) is 8.69. The highest BCUT2D eigenvalue weighted by Crippen LogP contribution is 2.57. The maximum Gasteiger partial charge on any atom is 0.0684 e. The van der Waals surface area contributed by atoms with Crippen LogP contribution in [-0.2, 0) is 24.9 Å². The van der Waals surface area contributed by atoms with Crippen LogP contribution in [0.4, 0.5) is 0 Å². The minimum absolute atomic E-state index is 0.183. The molecule has 0 spiro atoms. The minimum Gasteiger partial charge on any atom is -0.392 e. The molecule has 0 heterocycles. The van der Waals surface area contributed by atoms with Gasteiger partial charge in [0.25, 0.3) is 0 Å². The number of hydrogen-bond donors (Lipinski definition) is 1. The topological polar surface area (TPSA) is 20.2 Å². The van der Waals surface area contributed by atoms with Crippen LogP contribution in [0.1, 0.15) is 75.6 Å². The molecule has 0 aromatic heterocycles. The molecule has 0 amide bonds. The van der Waals surface area contributed by atoms with E-state index in [4.69, 9.17) is 0 Å². The van der Waals surface area contributed by atoms with Crippen molar-refractivity contribution in [1.29, 1.82) is 0 Å². The number of fused-ring (bicyclic) bond motifs is 3. The Kier molecular flexibility index (Phi) is 3.68. The van der Waals surface area contributed by atoms with Gasteiger partial charge < -0.3 is 5.11 Å². The molecular formula is C20H30O. The van der Waals surface area contributed by atoms with E-state index in [9.17, 15) is 5.11 Å². The van der Waals surface area contributed by atoms with Crippen LogP contribution in [0.2, 0.25) is 0 Å². The molecule has 1 nitrogen and oxygen atoms in total. The maximum absolute atomic E-state index is 9.63. The fraction of sp³-hybridized carbons (Fsp3) is 0.700. The second kappa shape index (κ2) is 5.12. The zero-order valence-corrected chi connectivity index (χ0v) is 14.1. The number of aliphatic hydroxyl groups excluding tert-OH is 1. The molecule has 1 aromatic rings. The van der Waals surface area contributed by atoms with Crippen LogP contribution in [0.5, 0.6) is 0 Å². The molecule has 2 aliphatic rings. The first-order valence-electron chi connectivity index (χ1n) is 8.69. The van der Waals surface area contributed by atoms with Crippen molar-refractivity contribution in [2.75, 3.05) is 0 Å². The van der Waals surface area contributed by atoms with Crippen molar-refractivity contribution in [2.24, 2.45) is 11.3 Å². The Morgan fingerprint density at radius 3 is 2.62 bits per heavy atom. The van der Waals surface area contributed by atoms with Gasteiger partial charge in [0.05, 0.1) is 6.61 Å². The Morgan fingerprint density at radius 1 is 1.19 bits per heavy atom. The Hall–Kier alpha value is -0.820. The quantitative estimate of drug-likeness (QED) is 0.830. The Labute approximate surface area is 129 Å². The Morgan fingerprint density at radius 2 is 1.95 bits per heavy atom. The zero-order chi connectivity index (χ0) is 15.3. The molecule has 0 radical (unpaired) electrons. The van der Waals surface area contributed by atoms with E-state index in [-0.39, 0.29) is 6.61 Å². The molecule has 2 atom stereocenters. The average molecular weight is 286 g/mol. The molecule has 1 fully saturated rings. The molecule has 0 aliphatic heterocycles. The summed E-state index contributed by atoms with van der Waals surface area (Å²) in [7, 11) is 0. The molecule has 1 saturated carbocycles. The van der Waals surface area contributed by atoms with E-state index >= 15 is 0 Å². The van der Waals surface area contributed by atoms with E-state index < -0.39 is 0 Å². The molecule has 0 unspecified atom stereocenters. The lowest BCUT2D eigenvalue weighted by molar-refractivity contribution is 0.0405. The minimum atomic E-state index is 0.183. The van der Waals surface area contributed by atoms with Crippen molar-refractivity contribution in [3.05, 3.63) is 34.4 Å². The first kappa shape index (κ1) is 15.1. The molecule has 0 bridgehead atoms. The van der Waals surface area contributed by atoms with Crippen LogP contribution in [0.15, 0.2) is 12.1 Å². The van der Waals surface area contributed by atoms with Crippen molar-refractivity contribution in [3.63, 3.8) is 0 Å². The van der Waals surface area contributed by atoms with Gasteiger partial charge in [0.2, 0.25) is 0 Å². The zero-order valence-electron chi connectivity index (χ0n) is 14.1. The van der Waals surface area contributed by atoms with Crippen molar-refractivity contribution in [2.45, 2.75) is 78.2 Å². The highest BCUT2D eigenvalue weighted by atomic mass is 16.3. The van der Waals surface area contributed by atoms with E-state index in [0.717, 1.165) is 17.9 Å². The highest BCUT2D eigenvalue weighted by molar-refractivity contribution is 5.47. The fourth-order valence-electron chi connectivity index (χ4n) is 5.59. The molecule has 116 valence electrons. The van der Waals surface area contributed by atoms with Crippen LogP contribution >= 0.6 is 0 Å². The van der Waals surface area contributed by atoms with Crippen LogP contribution < -0.4 is 0 Å². The molecular weight excluding hydrogens is 256 g/mol. The van der Waals surface area contributed by atoms with Gasteiger partial charge in [-0.25, -0.2) is 0 Å². The predicted octanol–water partition coefficient (Wildman–Crippen LogP) is 4.77. The second-order valence-corrected chi connectivity index (χ2v) is 8.09. The van der Waals surface area contributed by atoms with Gasteiger partial charge in [-0.05, 0) is 71.1 Å². The lowest BCUT2D eigenvalue weighted by Gasteiger charge is -2.54. The molecule has 0 saturated heterocycles. The Balaban J connectivity index is 2.15. The van der Waals surface area contributed by atoms with E-state index in [1.165, 1.54) is 37.7 Å². The summed E-state index contributed by atoms with van der Waals surface area (Å²) in [6, 6.07) is 4.53. The lowest BCUT2D eigenvalue weighted by atomic mass is 9.50. The van der Waals surface area contributed by atoms with Gasteiger partial charge in [0.1, 0.15) is 0 Å². The molecule has 1 N–H and O–H groups in total. The van der Waals surface area contributed by atoms with Crippen LogP contribution in [-0.4, -0.2) is 5.11 Å². The third-order valence-corrected chi connectivity index (χ3v) is 6.58. The molecule has 2 aliphatic carbocycles. The van der Waals surface area contributed by atoms with Crippen molar-refractivity contribution < 1.29 is 5.11 Å². The third-order valence-electron chi connectivity index (χ3n) is 6.58. The van der Waals surface area contributed by atoms with Crippen molar-refractivity contribution in [1.82, 2.24) is 0 Å². The normalized spacial score (nSPS) is 30.6. The standard InChI is InChI=1S/C20H30O/c1-5-15-14(13-21)7-9-17-16(15)8-10-18-19(2,3)11-6-12-20(17,18)4/h7,9,18,21H,5-6,8,10-13H2,1-4H3/t18-,20+/m0/s1.